The minimum Gasteiger partial charge on any atom is -0.361 e. The zero-order valence-electron chi connectivity index (χ0n) is 15.8. The van der Waals surface area contributed by atoms with Crippen LogP contribution in [0.4, 0.5) is 4.39 Å². The van der Waals surface area contributed by atoms with Gasteiger partial charge in [0.15, 0.2) is 5.82 Å². The summed E-state index contributed by atoms with van der Waals surface area (Å²) in [6.07, 6.45) is 8.91. The molecule has 3 heterocycles. The lowest BCUT2D eigenvalue weighted by Crippen LogP contribution is -2.39. The molecule has 2 aromatic heterocycles. The molecule has 0 spiro atoms. The number of piperidine rings is 1. The van der Waals surface area contributed by atoms with E-state index in [1.54, 1.807) is 6.08 Å². The van der Waals surface area contributed by atoms with E-state index in [0.29, 0.717) is 30.2 Å². The normalized spacial score (nSPS) is 22.1. The van der Waals surface area contributed by atoms with E-state index in [0.717, 1.165) is 30.3 Å². The van der Waals surface area contributed by atoms with Gasteiger partial charge in [-0.2, -0.15) is 4.98 Å². The molecule has 0 radical (unpaired) electrons. The van der Waals surface area contributed by atoms with Crippen LogP contribution in [0, 0.1) is 0 Å². The number of H-pyrrole nitrogens is 1. The fraction of sp³-hybridized carbons (Fsp3) is 0.318. The van der Waals surface area contributed by atoms with Crippen molar-refractivity contribution in [3.63, 3.8) is 0 Å². The average Bonchev–Trinajstić information content (AvgIpc) is 3.43. The Balaban J connectivity index is 1.30. The molecular weight excluding hydrogens is 371 g/mol. The Morgan fingerprint density at radius 2 is 2.24 bits per heavy atom. The maximum Gasteiger partial charge on any atom is 0.253 e. The Hall–Kier alpha value is -3.22. The first-order chi connectivity index (χ1) is 14.2. The number of carbonyl (C=O) groups is 1. The lowest BCUT2D eigenvalue weighted by atomic mass is 9.96. The number of rotatable bonds is 3. The highest BCUT2D eigenvalue weighted by atomic mass is 19.1. The minimum atomic E-state index is -0.232. The fourth-order valence-electron chi connectivity index (χ4n) is 4.08. The quantitative estimate of drug-likeness (QED) is 0.714. The molecule has 1 aromatic carbocycles. The predicted octanol–water partition coefficient (Wildman–Crippen LogP) is 4.47. The number of likely N-dealkylation sites (tertiary alicyclic amines) is 1. The number of allylic oxidation sites excluding steroid dienone is 4. The second kappa shape index (κ2) is 7.31. The summed E-state index contributed by atoms with van der Waals surface area (Å²) < 4.78 is 18.7. The van der Waals surface area contributed by atoms with Gasteiger partial charge in [-0.25, -0.2) is 4.39 Å². The van der Waals surface area contributed by atoms with Crippen molar-refractivity contribution in [3.05, 3.63) is 71.8 Å². The number of carbonyl (C=O) groups excluding carboxylic acids is 1. The van der Waals surface area contributed by atoms with Crippen molar-refractivity contribution in [2.45, 2.75) is 31.1 Å². The van der Waals surface area contributed by atoms with Crippen molar-refractivity contribution in [2.75, 3.05) is 13.1 Å². The highest BCUT2D eigenvalue weighted by Crippen LogP contribution is 2.30. The topological polar surface area (TPSA) is 75.0 Å². The number of hydrogen-bond donors (Lipinski definition) is 1. The molecule has 1 fully saturated rings. The van der Waals surface area contributed by atoms with Crippen LogP contribution in [0.3, 0.4) is 0 Å². The van der Waals surface area contributed by atoms with Gasteiger partial charge < -0.3 is 14.4 Å². The molecule has 2 aliphatic rings. The summed E-state index contributed by atoms with van der Waals surface area (Å²) in [5.41, 5.74) is 1.70. The zero-order chi connectivity index (χ0) is 19.8. The van der Waals surface area contributed by atoms with Gasteiger partial charge in [-0.3, -0.25) is 4.79 Å². The maximum atomic E-state index is 13.2. The van der Waals surface area contributed by atoms with E-state index >= 15 is 0 Å². The van der Waals surface area contributed by atoms with E-state index < -0.39 is 0 Å². The number of aromatic amines is 1. The summed E-state index contributed by atoms with van der Waals surface area (Å²) >= 11 is 0. The van der Waals surface area contributed by atoms with Gasteiger partial charge in [0.25, 0.3) is 5.91 Å². The van der Waals surface area contributed by atoms with Crippen molar-refractivity contribution in [3.8, 4) is 0 Å². The average molecular weight is 392 g/mol. The van der Waals surface area contributed by atoms with Gasteiger partial charge in [0, 0.05) is 41.7 Å². The number of halogens is 1. The van der Waals surface area contributed by atoms with Crippen LogP contribution >= 0.6 is 0 Å². The number of benzene rings is 1. The number of nitrogens with one attached hydrogen (secondary N) is 1. The van der Waals surface area contributed by atoms with Crippen molar-refractivity contribution in [1.82, 2.24) is 20.0 Å². The molecule has 1 unspecified atom stereocenters. The van der Waals surface area contributed by atoms with Gasteiger partial charge >= 0.3 is 0 Å². The van der Waals surface area contributed by atoms with E-state index in [1.165, 1.54) is 12.2 Å². The monoisotopic (exact) mass is 392 g/mol. The van der Waals surface area contributed by atoms with Crippen LogP contribution in [-0.4, -0.2) is 39.0 Å². The van der Waals surface area contributed by atoms with Crippen LogP contribution in [0.2, 0.25) is 0 Å². The van der Waals surface area contributed by atoms with Gasteiger partial charge in [-0.1, -0.05) is 11.2 Å². The second-order valence-corrected chi connectivity index (χ2v) is 7.65. The van der Waals surface area contributed by atoms with Crippen LogP contribution in [0.25, 0.3) is 10.9 Å². The third kappa shape index (κ3) is 3.48. The largest absolute Gasteiger partial charge is 0.361 e. The van der Waals surface area contributed by atoms with E-state index in [-0.39, 0.29) is 23.6 Å². The molecule has 0 bridgehead atoms. The van der Waals surface area contributed by atoms with Crippen LogP contribution in [-0.2, 0) is 0 Å². The standard InChI is InChI=1S/C22H21FN4O2/c23-18-6-3-14(4-7-18)20-25-21(29-26-20)17-2-1-11-27(13-17)22(28)16-5-8-19-15(12-16)9-10-24-19/h3,5-10,12,14,17,24H,1-2,4,11,13H2/t14?,17-/m0/s1. The number of aromatic nitrogens is 3. The second-order valence-electron chi connectivity index (χ2n) is 7.65. The Bertz CT molecular complexity index is 1110. The van der Waals surface area contributed by atoms with Gasteiger partial charge in [0.1, 0.15) is 5.83 Å². The molecule has 0 saturated carbocycles. The smallest absolute Gasteiger partial charge is 0.253 e. The highest BCUT2D eigenvalue weighted by Gasteiger charge is 2.30. The first kappa shape index (κ1) is 17.8. The molecule has 29 heavy (non-hydrogen) atoms. The Kier molecular flexibility index (Phi) is 4.50. The lowest BCUT2D eigenvalue weighted by molar-refractivity contribution is 0.0696. The molecule has 1 aliphatic carbocycles. The Morgan fingerprint density at radius 3 is 3.10 bits per heavy atom. The van der Waals surface area contributed by atoms with E-state index in [9.17, 15) is 9.18 Å². The molecule has 2 atom stereocenters. The third-order valence-corrected chi connectivity index (χ3v) is 5.70. The predicted molar refractivity (Wildman–Crippen MR) is 106 cm³/mol. The number of fused-ring (bicyclic) bond motifs is 1. The summed E-state index contributed by atoms with van der Waals surface area (Å²) in [5, 5.41) is 5.13. The Morgan fingerprint density at radius 1 is 1.31 bits per heavy atom. The summed E-state index contributed by atoms with van der Waals surface area (Å²) in [7, 11) is 0. The SMILES string of the molecule is O=C(c1ccc2[nH]ccc2c1)N1CCC[C@H](c2nc(C3C=CC(F)=CC3)no2)C1. The maximum absolute atomic E-state index is 13.2. The molecule has 1 N–H and O–H groups in total. The number of hydrogen-bond acceptors (Lipinski definition) is 4. The summed E-state index contributed by atoms with van der Waals surface area (Å²) in [6, 6.07) is 7.68. The number of nitrogens with zero attached hydrogens (tertiary/aromatic N) is 3. The van der Waals surface area contributed by atoms with Crippen LogP contribution < -0.4 is 0 Å². The van der Waals surface area contributed by atoms with Crippen LogP contribution in [0.1, 0.15) is 53.2 Å². The van der Waals surface area contributed by atoms with Crippen molar-refractivity contribution in [1.29, 1.82) is 0 Å². The molecule has 148 valence electrons. The van der Waals surface area contributed by atoms with Crippen molar-refractivity contribution < 1.29 is 13.7 Å². The molecule has 5 rings (SSSR count). The lowest BCUT2D eigenvalue weighted by Gasteiger charge is -2.31. The third-order valence-electron chi connectivity index (χ3n) is 5.70. The van der Waals surface area contributed by atoms with Gasteiger partial charge in [-0.15, -0.1) is 0 Å². The summed E-state index contributed by atoms with van der Waals surface area (Å²) in [6.45, 7) is 1.28. The van der Waals surface area contributed by atoms with Gasteiger partial charge in [-0.05, 0) is 55.7 Å². The molecule has 3 aromatic rings. The van der Waals surface area contributed by atoms with E-state index in [1.807, 2.05) is 35.4 Å². The van der Waals surface area contributed by atoms with Crippen molar-refractivity contribution >= 4 is 16.8 Å². The summed E-state index contributed by atoms with van der Waals surface area (Å²) in [5.74, 6) is 0.868. The molecule has 7 heteroatoms. The summed E-state index contributed by atoms with van der Waals surface area (Å²) in [4.78, 5) is 22.6. The first-order valence-electron chi connectivity index (χ1n) is 9.91. The molecule has 1 saturated heterocycles. The van der Waals surface area contributed by atoms with Gasteiger partial charge in [0.05, 0.1) is 5.92 Å². The van der Waals surface area contributed by atoms with E-state index in [4.69, 9.17) is 4.52 Å². The fourth-order valence-corrected chi connectivity index (χ4v) is 4.08. The highest BCUT2D eigenvalue weighted by molar-refractivity contribution is 5.98. The molecule has 1 aliphatic heterocycles. The first-order valence-corrected chi connectivity index (χ1v) is 9.91. The van der Waals surface area contributed by atoms with Crippen LogP contribution in [0.15, 0.2) is 59.0 Å². The van der Waals surface area contributed by atoms with E-state index in [2.05, 4.69) is 15.1 Å². The Labute approximate surface area is 167 Å². The van der Waals surface area contributed by atoms with Crippen LogP contribution in [0.5, 0.6) is 0 Å². The molecule has 6 nitrogen and oxygen atoms in total. The minimum absolute atomic E-state index is 0.0183. The number of amides is 1. The van der Waals surface area contributed by atoms with Crippen molar-refractivity contribution in [2.24, 2.45) is 0 Å². The molecular formula is C22H21FN4O2. The van der Waals surface area contributed by atoms with Gasteiger partial charge in [0.2, 0.25) is 5.89 Å². The zero-order valence-corrected chi connectivity index (χ0v) is 15.8. The molecule has 1 amide bonds.